The fraction of sp³-hybridized carbons (Fsp3) is 0.0769. The highest BCUT2D eigenvalue weighted by molar-refractivity contribution is 6.09. The number of hydrogen-bond donors (Lipinski definition) is 1. The molecule has 0 unspecified atom stereocenters. The molecule has 1 N–H and O–H groups in total. The first-order chi connectivity index (χ1) is 17.3. The molecule has 0 heterocycles. The van der Waals surface area contributed by atoms with Gasteiger partial charge < -0.3 is 14.8 Å². The van der Waals surface area contributed by atoms with E-state index in [1.54, 1.807) is 6.92 Å². The molecule has 10 heteroatoms. The van der Waals surface area contributed by atoms with Crippen molar-refractivity contribution in [2.75, 3.05) is 11.9 Å². The summed E-state index contributed by atoms with van der Waals surface area (Å²) in [5.74, 6) is -1.91. The fourth-order valence-electron chi connectivity index (χ4n) is 3.02. The zero-order valence-corrected chi connectivity index (χ0v) is 19.0. The molecule has 0 radical (unpaired) electrons. The second kappa shape index (κ2) is 11.7. The number of amides is 1. The molecule has 0 saturated heterocycles. The topological polar surface area (TPSA) is 149 Å². The average Bonchev–Trinajstić information content (AvgIpc) is 2.88. The van der Waals surface area contributed by atoms with Crippen LogP contribution in [0, 0.1) is 21.4 Å². The van der Waals surface area contributed by atoms with Gasteiger partial charge in [0.15, 0.2) is 0 Å². The summed E-state index contributed by atoms with van der Waals surface area (Å²) >= 11 is 0. The van der Waals surface area contributed by atoms with E-state index in [2.05, 4.69) is 5.32 Å². The number of carbonyl (C=O) groups is 3. The van der Waals surface area contributed by atoms with Gasteiger partial charge in [-0.05, 0) is 61.0 Å². The summed E-state index contributed by atoms with van der Waals surface area (Å²) in [6.45, 7) is 1.94. The Labute approximate surface area is 205 Å². The van der Waals surface area contributed by atoms with E-state index in [1.807, 2.05) is 6.07 Å². The molecule has 0 aliphatic carbocycles. The molecular formula is C26H19N3O7. The number of nitriles is 1. The summed E-state index contributed by atoms with van der Waals surface area (Å²) in [5.41, 5.74) is 0.437. The molecular weight excluding hydrogens is 466 g/mol. The minimum atomic E-state index is -0.892. The smallest absolute Gasteiger partial charge is 0.350 e. The predicted octanol–water partition coefficient (Wildman–Crippen LogP) is 4.54. The number of para-hydroxylation sites is 1. The van der Waals surface area contributed by atoms with Gasteiger partial charge in [0, 0.05) is 11.8 Å². The Balaban J connectivity index is 1.68. The number of nitrogens with one attached hydrogen (secondary N) is 1. The van der Waals surface area contributed by atoms with Gasteiger partial charge in [-0.3, -0.25) is 14.9 Å². The first-order valence-electron chi connectivity index (χ1n) is 10.6. The van der Waals surface area contributed by atoms with Crippen LogP contribution >= 0.6 is 0 Å². The number of benzene rings is 3. The maximum Gasteiger partial charge on any atom is 0.350 e. The molecule has 36 heavy (non-hydrogen) atoms. The predicted molar refractivity (Wildman–Crippen MR) is 129 cm³/mol. The lowest BCUT2D eigenvalue weighted by atomic mass is 10.1. The largest absolute Gasteiger partial charge is 0.462 e. The maximum absolute atomic E-state index is 12.5. The summed E-state index contributed by atoms with van der Waals surface area (Å²) in [6.07, 6.45) is 1.34. The molecule has 0 spiro atoms. The van der Waals surface area contributed by atoms with Crippen LogP contribution in [0.3, 0.4) is 0 Å². The van der Waals surface area contributed by atoms with Gasteiger partial charge in [0.2, 0.25) is 0 Å². The van der Waals surface area contributed by atoms with Crippen LogP contribution in [-0.4, -0.2) is 29.4 Å². The van der Waals surface area contributed by atoms with E-state index in [4.69, 9.17) is 9.47 Å². The second-order valence-corrected chi connectivity index (χ2v) is 7.15. The maximum atomic E-state index is 12.5. The number of nitrogens with zero attached hydrogens (tertiary/aromatic N) is 2. The Morgan fingerprint density at radius 3 is 2.28 bits per heavy atom. The van der Waals surface area contributed by atoms with Crippen molar-refractivity contribution in [2.45, 2.75) is 6.92 Å². The van der Waals surface area contributed by atoms with Crippen LogP contribution in [0.1, 0.15) is 33.2 Å². The fourth-order valence-corrected chi connectivity index (χ4v) is 3.02. The summed E-state index contributed by atoms with van der Waals surface area (Å²) in [7, 11) is 0. The van der Waals surface area contributed by atoms with Gasteiger partial charge in [-0.15, -0.1) is 0 Å². The zero-order chi connectivity index (χ0) is 26.1. The third kappa shape index (κ3) is 6.39. The van der Waals surface area contributed by atoms with Crippen molar-refractivity contribution >= 4 is 35.3 Å². The van der Waals surface area contributed by atoms with Crippen LogP contribution in [0.4, 0.5) is 11.4 Å². The lowest BCUT2D eigenvalue weighted by Gasteiger charge is -2.07. The highest BCUT2D eigenvalue weighted by Gasteiger charge is 2.21. The van der Waals surface area contributed by atoms with E-state index >= 15 is 0 Å². The van der Waals surface area contributed by atoms with Crippen molar-refractivity contribution in [3.8, 4) is 11.8 Å². The Morgan fingerprint density at radius 1 is 1.00 bits per heavy atom. The molecule has 0 atom stereocenters. The van der Waals surface area contributed by atoms with Gasteiger partial charge in [-0.25, -0.2) is 9.59 Å². The normalized spacial score (nSPS) is 10.6. The summed E-state index contributed by atoms with van der Waals surface area (Å²) in [5, 5.41) is 23.1. The monoisotopic (exact) mass is 485 g/mol. The lowest BCUT2D eigenvalue weighted by molar-refractivity contribution is -0.385. The molecule has 0 fully saturated rings. The SMILES string of the molecule is CCOC(=O)c1ccc(NC(=O)/C(C#N)=C/c2ccc(OC(=O)c3ccccc3[N+](=O)[O-])cc2)cc1. The number of anilines is 1. The number of ether oxygens (including phenoxy) is 2. The van der Waals surface area contributed by atoms with E-state index in [0.29, 0.717) is 16.8 Å². The standard InChI is InChI=1S/C26H19N3O7/c1-2-35-25(31)18-9-11-20(12-10-18)28-24(30)19(16-27)15-17-7-13-21(14-8-17)36-26(32)22-5-3-4-6-23(22)29(33)34/h3-15H,2H2,1H3,(H,28,30)/b19-15+. The molecule has 0 saturated carbocycles. The number of hydrogen-bond acceptors (Lipinski definition) is 8. The number of rotatable bonds is 8. The number of nitro groups is 1. The number of esters is 2. The number of carbonyl (C=O) groups excluding carboxylic acids is 3. The highest BCUT2D eigenvalue weighted by Crippen LogP contribution is 2.21. The van der Waals surface area contributed by atoms with Gasteiger partial charge in [0.1, 0.15) is 23.0 Å². The minimum Gasteiger partial charge on any atom is -0.462 e. The van der Waals surface area contributed by atoms with Gasteiger partial charge in [0.05, 0.1) is 17.1 Å². The van der Waals surface area contributed by atoms with Crippen molar-refractivity contribution < 1.29 is 28.8 Å². The summed E-state index contributed by atoms with van der Waals surface area (Å²) < 4.78 is 10.1. The first kappa shape index (κ1) is 25.3. The van der Waals surface area contributed by atoms with E-state index in [1.165, 1.54) is 78.9 Å². The van der Waals surface area contributed by atoms with Crippen LogP contribution in [0.5, 0.6) is 5.75 Å². The molecule has 0 bridgehead atoms. The van der Waals surface area contributed by atoms with Crippen molar-refractivity contribution in [3.63, 3.8) is 0 Å². The average molecular weight is 485 g/mol. The van der Waals surface area contributed by atoms with Crippen LogP contribution in [0.25, 0.3) is 6.08 Å². The zero-order valence-electron chi connectivity index (χ0n) is 19.0. The van der Waals surface area contributed by atoms with Crippen LogP contribution in [0.15, 0.2) is 78.4 Å². The van der Waals surface area contributed by atoms with Gasteiger partial charge in [-0.2, -0.15) is 5.26 Å². The van der Waals surface area contributed by atoms with Crippen LogP contribution in [0.2, 0.25) is 0 Å². The van der Waals surface area contributed by atoms with Gasteiger partial charge in [-0.1, -0.05) is 24.3 Å². The van der Waals surface area contributed by atoms with Gasteiger partial charge >= 0.3 is 11.9 Å². The third-order valence-corrected chi connectivity index (χ3v) is 4.74. The summed E-state index contributed by atoms with van der Waals surface area (Å²) in [6, 6.07) is 19.2. The molecule has 3 rings (SSSR count). The molecule has 180 valence electrons. The Morgan fingerprint density at radius 2 is 1.67 bits per heavy atom. The Hall–Kier alpha value is -5.30. The molecule has 0 aromatic heterocycles. The van der Waals surface area contributed by atoms with Crippen molar-refractivity contribution in [1.29, 1.82) is 5.26 Å². The third-order valence-electron chi connectivity index (χ3n) is 4.74. The Bertz CT molecular complexity index is 1370. The van der Waals surface area contributed by atoms with Crippen LogP contribution < -0.4 is 10.1 Å². The first-order valence-corrected chi connectivity index (χ1v) is 10.6. The van der Waals surface area contributed by atoms with E-state index in [-0.39, 0.29) is 29.2 Å². The molecule has 0 aliphatic rings. The molecule has 0 aliphatic heterocycles. The highest BCUT2D eigenvalue weighted by atomic mass is 16.6. The number of nitro benzene ring substituents is 1. The molecule has 3 aromatic rings. The summed E-state index contributed by atoms with van der Waals surface area (Å²) in [4.78, 5) is 47.0. The van der Waals surface area contributed by atoms with Crippen molar-refractivity contribution in [3.05, 3.63) is 105 Å². The lowest BCUT2D eigenvalue weighted by Crippen LogP contribution is -2.13. The Kier molecular flexibility index (Phi) is 8.24. The molecule has 1 amide bonds. The van der Waals surface area contributed by atoms with E-state index in [0.717, 1.165) is 0 Å². The second-order valence-electron chi connectivity index (χ2n) is 7.15. The molecule has 3 aromatic carbocycles. The quantitative estimate of drug-likeness (QED) is 0.122. The van der Waals surface area contributed by atoms with E-state index < -0.39 is 22.8 Å². The van der Waals surface area contributed by atoms with Gasteiger partial charge in [0.25, 0.3) is 11.6 Å². The minimum absolute atomic E-state index is 0.125. The van der Waals surface area contributed by atoms with E-state index in [9.17, 15) is 29.8 Å². The van der Waals surface area contributed by atoms with Crippen LogP contribution in [-0.2, 0) is 9.53 Å². The van der Waals surface area contributed by atoms with Crippen molar-refractivity contribution in [1.82, 2.24) is 0 Å². The van der Waals surface area contributed by atoms with Crippen molar-refractivity contribution in [2.24, 2.45) is 0 Å². The molecule has 10 nitrogen and oxygen atoms in total.